The van der Waals surface area contributed by atoms with E-state index in [1.165, 1.54) is 0 Å². The first-order chi connectivity index (χ1) is 10.6. The van der Waals surface area contributed by atoms with Gasteiger partial charge in [0.1, 0.15) is 11.5 Å². The quantitative estimate of drug-likeness (QED) is 0.656. The molecule has 0 aliphatic heterocycles. The van der Waals surface area contributed by atoms with Crippen LogP contribution in [-0.4, -0.2) is 38.1 Å². The molecule has 0 spiro atoms. The standard InChI is InChI=1S/C18H25NO3/c1-6-10-19(11-7-2)18(20)12-14(3)16-9-8-15(21-4)13-17(16)22-5/h6-9,13-14H,1-2,10-12H2,3-5H3. The predicted molar refractivity (Wildman–Crippen MR) is 89.6 cm³/mol. The highest BCUT2D eigenvalue weighted by Crippen LogP contribution is 2.32. The Hall–Kier alpha value is -2.23. The molecule has 0 aliphatic rings. The van der Waals surface area contributed by atoms with Crippen LogP contribution in [-0.2, 0) is 4.79 Å². The fraction of sp³-hybridized carbons (Fsp3) is 0.389. The Labute approximate surface area is 133 Å². The number of nitrogens with zero attached hydrogens (tertiary/aromatic N) is 1. The van der Waals surface area contributed by atoms with Gasteiger partial charge in [-0.1, -0.05) is 25.1 Å². The number of hydrogen-bond donors (Lipinski definition) is 0. The number of amides is 1. The highest BCUT2D eigenvalue weighted by atomic mass is 16.5. The summed E-state index contributed by atoms with van der Waals surface area (Å²) in [7, 11) is 3.23. The van der Waals surface area contributed by atoms with E-state index in [9.17, 15) is 4.79 Å². The van der Waals surface area contributed by atoms with Crippen LogP contribution < -0.4 is 9.47 Å². The van der Waals surface area contributed by atoms with Crippen molar-refractivity contribution < 1.29 is 14.3 Å². The molecule has 0 aliphatic carbocycles. The molecule has 1 rings (SSSR count). The van der Waals surface area contributed by atoms with Crippen molar-refractivity contribution in [1.29, 1.82) is 0 Å². The molecular formula is C18H25NO3. The fourth-order valence-corrected chi connectivity index (χ4v) is 2.32. The summed E-state index contributed by atoms with van der Waals surface area (Å²) in [6.07, 6.45) is 3.85. The highest BCUT2D eigenvalue weighted by Gasteiger charge is 2.19. The van der Waals surface area contributed by atoms with Crippen LogP contribution in [0.4, 0.5) is 0 Å². The van der Waals surface area contributed by atoms with Gasteiger partial charge in [0.15, 0.2) is 0 Å². The zero-order valence-corrected chi connectivity index (χ0v) is 13.7. The first-order valence-corrected chi connectivity index (χ1v) is 7.28. The van der Waals surface area contributed by atoms with Gasteiger partial charge in [0.05, 0.1) is 14.2 Å². The number of rotatable bonds is 9. The summed E-state index contributed by atoms with van der Waals surface area (Å²) >= 11 is 0. The van der Waals surface area contributed by atoms with Gasteiger partial charge in [-0.3, -0.25) is 4.79 Å². The molecule has 0 saturated carbocycles. The van der Waals surface area contributed by atoms with Crippen molar-refractivity contribution in [2.45, 2.75) is 19.3 Å². The molecule has 0 aromatic heterocycles. The Balaban J connectivity index is 2.87. The summed E-state index contributed by atoms with van der Waals surface area (Å²) in [6, 6.07) is 5.66. The van der Waals surface area contributed by atoms with Crippen molar-refractivity contribution in [2.24, 2.45) is 0 Å². The van der Waals surface area contributed by atoms with E-state index in [4.69, 9.17) is 9.47 Å². The van der Waals surface area contributed by atoms with E-state index in [0.717, 1.165) is 17.1 Å². The number of methoxy groups -OCH3 is 2. The van der Waals surface area contributed by atoms with Crippen LogP contribution in [0.2, 0.25) is 0 Å². The minimum Gasteiger partial charge on any atom is -0.497 e. The van der Waals surface area contributed by atoms with Crippen molar-refractivity contribution in [2.75, 3.05) is 27.3 Å². The molecule has 0 fully saturated rings. The van der Waals surface area contributed by atoms with E-state index in [-0.39, 0.29) is 11.8 Å². The number of carbonyl (C=O) groups excluding carboxylic acids is 1. The van der Waals surface area contributed by atoms with E-state index < -0.39 is 0 Å². The van der Waals surface area contributed by atoms with E-state index >= 15 is 0 Å². The third kappa shape index (κ3) is 4.65. The van der Waals surface area contributed by atoms with Crippen LogP contribution in [0.3, 0.4) is 0 Å². The molecule has 0 N–H and O–H groups in total. The first kappa shape index (κ1) is 17.8. The molecule has 1 atom stereocenters. The lowest BCUT2D eigenvalue weighted by molar-refractivity contribution is -0.130. The maximum Gasteiger partial charge on any atom is 0.223 e. The van der Waals surface area contributed by atoms with E-state index in [2.05, 4.69) is 13.2 Å². The van der Waals surface area contributed by atoms with Gasteiger partial charge in [0.2, 0.25) is 5.91 Å². The molecule has 0 bridgehead atoms. The third-order valence-corrected chi connectivity index (χ3v) is 3.50. The van der Waals surface area contributed by atoms with Crippen molar-refractivity contribution in [3.63, 3.8) is 0 Å². The number of hydrogen-bond acceptors (Lipinski definition) is 3. The third-order valence-electron chi connectivity index (χ3n) is 3.50. The van der Waals surface area contributed by atoms with Crippen LogP contribution >= 0.6 is 0 Å². The molecular weight excluding hydrogens is 278 g/mol. The minimum absolute atomic E-state index is 0.0467. The smallest absolute Gasteiger partial charge is 0.223 e. The Morgan fingerprint density at radius 2 is 1.86 bits per heavy atom. The molecule has 22 heavy (non-hydrogen) atoms. The van der Waals surface area contributed by atoms with E-state index in [0.29, 0.717) is 19.5 Å². The Morgan fingerprint density at radius 3 is 2.36 bits per heavy atom. The maximum atomic E-state index is 12.4. The Kier molecular flexibility index (Phi) is 7.23. The van der Waals surface area contributed by atoms with Crippen molar-refractivity contribution in [3.8, 4) is 11.5 Å². The predicted octanol–water partition coefficient (Wildman–Crippen LogP) is 3.40. The summed E-state index contributed by atoms with van der Waals surface area (Å²) in [5, 5.41) is 0. The zero-order chi connectivity index (χ0) is 16.5. The summed E-state index contributed by atoms with van der Waals surface area (Å²) in [6.45, 7) is 10.4. The second-order valence-corrected chi connectivity index (χ2v) is 5.09. The summed E-state index contributed by atoms with van der Waals surface area (Å²) in [5.41, 5.74) is 0.994. The molecule has 1 unspecified atom stereocenters. The normalized spacial score (nSPS) is 11.4. The second kappa shape index (κ2) is 8.93. The van der Waals surface area contributed by atoms with Crippen molar-refractivity contribution >= 4 is 5.91 Å². The number of carbonyl (C=O) groups is 1. The summed E-state index contributed by atoms with van der Waals surface area (Å²) in [4.78, 5) is 14.1. The molecule has 0 heterocycles. The van der Waals surface area contributed by atoms with Gasteiger partial charge < -0.3 is 14.4 Å². The lowest BCUT2D eigenvalue weighted by atomic mass is 9.96. The number of benzene rings is 1. The van der Waals surface area contributed by atoms with Crippen LogP contribution in [0, 0.1) is 0 Å². The van der Waals surface area contributed by atoms with Gasteiger partial charge in [0.25, 0.3) is 0 Å². The summed E-state index contributed by atoms with van der Waals surface area (Å²) in [5.74, 6) is 1.59. The van der Waals surface area contributed by atoms with Crippen LogP contribution in [0.5, 0.6) is 11.5 Å². The molecule has 0 radical (unpaired) electrons. The molecule has 1 amide bonds. The molecule has 0 saturated heterocycles. The van der Waals surface area contributed by atoms with Gasteiger partial charge >= 0.3 is 0 Å². The zero-order valence-electron chi connectivity index (χ0n) is 13.7. The lowest BCUT2D eigenvalue weighted by Crippen LogP contribution is -2.32. The van der Waals surface area contributed by atoms with Gasteiger partial charge in [0, 0.05) is 25.6 Å². The van der Waals surface area contributed by atoms with Gasteiger partial charge in [-0.2, -0.15) is 0 Å². The highest BCUT2D eigenvalue weighted by molar-refractivity contribution is 5.77. The molecule has 1 aromatic rings. The van der Waals surface area contributed by atoms with Gasteiger partial charge in [-0.15, -0.1) is 13.2 Å². The van der Waals surface area contributed by atoms with E-state index in [1.807, 2.05) is 25.1 Å². The molecule has 4 nitrogen and oxygen atoms in total. The van der Waals surface area contributed by atoms with Gasteiger partial charge in [-0.05, 0) is 17.5 Å². The average Bonchev–Trinajstić information content (AvgIpc) is 2.53. The summed E-state index contributed by atoms with van der Waals surface area (Å²) < 4.78 is 10.6. The Morgan fingerprint density at radius 1 is 1.23 bits per heavy atom. The van der Waals surface area contributed by atoms with Crippen molar-refractivity contribution in [3.05, 3.63) is 49.1 Å². The minimum atomic E-state index is 0.0467. The Bertz CT molecular complexity index is 515. The largest absolute Gasteiger partial charge is 0.497 e. The van der Waals surface area contributed by atoms with Gasteiger partial charge in [-0.25, -0.2) is 0 Å². The fourth-order valence-electron chi connectivity index (χ4n) is 2.32. The maximum absolute atomic E-state index is 12.4. The lowest BCUT2D eigenvalue weighted by Gasteiger charge is -2.22. The molecule has 120 valence electrons. The van der Waals surface area contributed by atoms with Crippen molar-refractivity contribution in [1.82, 2.24) is 4.90 Å². The average molecular weight is 303 g/mol. The second-order valence-electron chi connectivity index (χ2n) is 5.09. The first-order valence-electron chi connectivity index (χ1n) is 7.28. The SMILES string of the molecule is C=CCN(CC=C)C(=O)CC(C)c1ccc(OC)cc1OC. The van der Waals surface area contributed by atoms with E-state index in [1.54, 1.807) is 31.3 Å². The van der Waals surface area contributed by atoms with Crippen LogP contribution in [0.1, 0.15) is 24.8 Å². The number of ether oxygens (including phenoxy) is 2. The monoisotopic (exact) mass is 303 g/mol. The molecule has 1 aromatic carbocycles. The molecule has 4 heteroatoms. The van der Waals surface area contributed by atoms with Crippen LogP contribution in [0.25, 0.3) is 0 Å². The van der Waals surface area contributed by atoms with Crippen LogP contribution in [0.15, 0.2) is 43.5 Å². The topological polar surface area (TPSA) is 38.8 Å².